The van der Waals surface area contributed by atoms with E-state index >= 15 is 0 Å². The van der Waals surface area contributed by atoms with Crippen LogP contribution >= 0.6 is 0 Å². The fourth-order valence-corrected chi connectivity index (χ4v) is 1.14. The van der Waals surface area contributed by atoms with Crippen molar-refractivity contribution in [3.8, 4) is 6.07 Å². The van der Waals surface area contributed by atoms with Gasteiger partial charge in [0.15, 0.2) is 5.41 Å². The Morgan fingerprint density at radius 1 is 1.50 bits per heavy atom. The average molecular weight is 221 g/mol. The molecule has 0 aliphatic rings. The van der Waals surface area contributed by atoms with Gasteiger partial charge in [-0.25, -0.2) is 4.79 Å². The number of rotatable bonds is 4. The first-order chi connectivity index (χ1) is 7.24. The van der Waals surface area contributed by atoms with Gasteiger partial charge in [-0.3, -0.25) is 0 Å². The minimum absolute atomic E-state index is 0.224. The molecule has 0 aromatic rings. The standard InChI is InChI=1S/C13H19NO2/c1-9(2)7-11(5)13(6,8-14)12(15)16-10(3)4/h7,10H,1H2,2-6H3. The Morgan fingerprint density at radius 3 is 2.31 bits per heavy atom. The molecule has 0 heterocycles. The van der Waals surface area contributed by atoms with Gasteiger partial charge in [0.05, 0.1) is 12.2 Å². The van der Waals surface area contributed by atoms with E-state index in [1.165, 1.54) is 0 Å². The van der Waals surface area contributed by atoms with Crippen molar-refractivity contribution in [1.82, 2.24) is 0 Å². The van der Waals surface area contributed by atoms with Gasteiger partial charge < -0.3 is 4.74 Å². The average Bonchev–Trinajstić information content (AvgIpc) is 2.14. The number of allylic oxidation sites excluding steroid dienone is 2. The van der Waals surface area contributed by atoms with Crippen molar-refractivity contribution in [2.45, 2.75) is 40.7 Å². The molecule has 0 saturated carbocycles. The molecule has 0 fully saturated rings. The summed E-state index contributed by atoms with van der Waals surface area (Å²) in [6, 6.07) is 2.00. The zero-order chi connectivity index (χ0) is 12.9. The first kappa shape index (κ1) is 14.4. The van der Waals surface area contributed by atoms with Gasteiger partial charge >= 0.3 is 5.97 Å². The Labute approximate surface area is 97.4 Å². The molecule has 1 unspecified atom stereocenters. The molecule has 0 spiro atoms. The van der Waals surface area contributed by atoms with Crippen LogP contribution < -0.4 is 0 Å². The van der Waals surface area contributed by atoms with Crippen LogP contribution in [0.4, 0.5) is 0 Å². The minimum Gasteiger partial charge on any atom is -0.462 e. The van der Waals surface area contributed by atoms with Crippen LogP contribution in [0, 0.1) is 16.7 Å². The van der Waals surface area contributed by atoms with Crippen molar-refractivity contribution in [2.24, 2.45) is 5.41 Å². The Bertz CT molecular complexity index is 361. The van der Waals surface area contributed by atoms with Crippen LogP contribution in [0.3, 0.4) is 0 Å². The van der Waals surface area contributed by atoms with Crippen molar-refractivity contribution in [2.75, 3.05) is 0 Å². The van der Waals surface area contributed by atoms with E-state index in [1.54, 1.807) is 33.8 Å². The van der Waals surface area contributed by atoms with Gasteiger partial charge in [-0.15, -0.1) is 0 Å². The molecule has 0 N–H and O–H groups in total. The lowest BCUT2D eigenvalue weighted by Gasteiger charge is -2.22. The normalized spacial score (nSPS) is 15.2. The van der Waals surface area contributed by atoms with Gasteiger partial charge in [-0.05, 0) is 40.2 Å². The molecule has 0 amide bonds. The molecule has 0 saturated heterocycles. The number of esters is 1. The van der Waals surface area contributed by atoms with Crippen molar-refractivity contribution < 1.29 is 9.53 Å². The van der Waals surface area contributed by atoms with Crippen molar-refractivity contribution >= 4 is 5.97 Å². The summed E-state index contributed by atoms with van der Waals surface area (Å²) in [5.74, 6) is -0.514. The summed E-state index contributed by atoms with van der Waals surface area (Å²) in [5, 5.41) is 9.13. The fourth-order valence-electron chi connectivity index (χ4n) is 1.14. The SMILES string of the molecule is C=C(C)C=C(C)C(C)(C#N)C(=O)OC(C)C. The zero-order valence-electron chi connectivity index (χ0n) is 10.6. The number of carbonyl (C=O) groups excluding carboxylic acids is 1. The van der Waals surface area contributed by atoms with Crippen molar-refractivity contribution in [3.05, 3.63) is 23.8 Å². The Balaban J connectivity index is 5.15. The van der Waals surface area contributed by atoms with Crippen LogP contribution in [0.25, 0.3) is 0 Å². The molecule has 0 aliphatic carbocycles. The number of hydrogen-bond acceptors (Lipinski definition) is 3. The van der Waals surface area contributed by atoms with Crippen LogP contribution in [0.1, 0.15) is 34.6 Å². The van der Waals surface area contributed by atoms with E-state index in [0.29, 0.717) is 5.57 Å². The first-order valence-corrected chi connectivity index (χ1v) is 5.20. The number of hydrogen-bond donors (Lipinski definition) is 0. The summed E-state index contributed by atoms with van der Waals surface area (Å²) in [6.45, 7) is 12.4. The fraction of sp³-hybridized carbons (Fsp3) is 0.538. The third kappa shape index (κ3) is 3.54. The highest BCUT2D eigenvalue weighted by atomic mass is 16.5. The number of ether oxygens (including phenoxy) is 1. The molecule has 88 valence electrons. The topological polar surface area (TPSA) is 50.1 Å². The Kier molecular flexibility index (Phi) is 4.97. The van der Waals surface area contributed by atoms with Gasteiger partial charge in [0.2, 0.25) is 0 Å². The number of carbonyl (C=O) groups is 1. The zero-order valence-corrected chi connectivity index (χ0v) is 10.6. The molecule has 0 rings (SSSR count). The second-order valence-electron chi connectivity index (χ2n) is 4.36. The molecule has 0 radical (unpaired) electrons. The first-order valence-electron chi connectivity index (χ1n) is 5.20. The molecule has 1 atom stereocenters. The van der Waals surface area contributed by atoms with Gasteiger partial charge in [-0.2, -0.15) is 5.26 Å². The molecule has 0 aromatic heterocycles. The van der Waals surface area contributed by atoms with Gasteiger partial charge in [-0.1, -0.05) is 18.2 Å². The summed E-state index contributed by atoms with van der Waals surface area (Å²) >= 11 is 0. The lowest BCUT2D eigenvalue weighted by atomic mass is 9.83. The van der Waals surface area contributed by atoms with Gasteiger partial charge in [0, 0.05) is 0 Å². The van der Waals surface area contributed by atoms with E-state index in [0.717, 1.165) is 5.57 Å². The van der Waals surface area contributed by atoms with E-state index in [4.69, 9.17) is 10.00 Å². The third-order valence-electron chi connectivity index (χ3n) is 2.23. The van der Waals surface area contributed by atoms with Crippen molar-refractivity contribution in [3.63, 3.8) is 0 Å². The van der Waals surface area contributed by atoms with E-state index in [2.05, 4.69) is 6.58 Å². The summed E-state index contributed by atoms with van der Waals surface area (Å²) in [7, 11) is 0. The molecule has 0 aliphatic heterocycles. The third-order valence-corrected chi connectivity index (χ3v) is 2.23. The summed E-state index contributed by atoms with van der Waals surface area (Å²) in [6.07, 6.45) is 1.50. The Morgan fingerprint density at radius 2 is 2.00 bits per heavy atom. The smallest absolute Gasteiger partial charge is 0.330 e. The van der Waals surface area contributed by atoms with Crippen molar-refractivity contribution in [1.29, 1.82) is 5.26 Å². The van der Waals surface area contributed by atoms with E-state index in [9.17, 15) is 4.79 Å². The predicted molar refractivity (Wildman–Crippen MR) is 63.5 cm³/mol. The van der Waals surface area contributed by atoms with E-state index in [-0.39, 0.29) is 6.10 Å². The summed E-state index contributed by atoms with van der Waals surface area (Å²) < 4.78 is 5.08. The molecule has 0 aromatic carbocycles. The highest BCUT2D eigenvalue weighted by Crippen LogP contribution is 2.28. The maximum Gasteiger partial charge on any atom is 0.330 e. The quantitative estimate of drug-likeness (QED) is 0.541. The monoisotopic (exact) mass is 221 g/mol. The molecular weight excluding hydrogens is 202 g/mol. The van der Waals surface area contributed by atoms with E-state index in [1.807, 2.05) is 13.0 Å². The minimum atomic E-state index is -1.23. The number of nitriles is 1. The lowest BCUT2D eigenvalue weighted by Crippen LogP contribution is -2.31. The summed E-state index contributed by atoms with van der Waals surface area (Å²) in [4.78, 5) is 11.8. The molecular formula is C13H19NO2. The molecule has 3 nitrogen and oxygen atoms in total. The summed E-state index contributed by atoms with van der Waals surface area (Å²) in [5.41, 5.74) is 0.216. The highest BCUT2D eigenvalue weighted by Gasteiger charge is 2.37. The van der Waals surface area contributed by atoms with Crippen LogP contribution in [0.5, 0.6) is 0 Å². The van der Waals surface area contributed by atoms with Gasteiger partial charge in [0.1, 0.15) is 0 Å². The predicted octanol–water partition coefficient (Wildman–Crippen LogP) is 2.99. The largest absolute Gasteiger partial charge is 0.462 e. The Hall–Kier alpha value is -1.56. The maximum atomic E-state index is 11.8. The lowest BCUT2D eigenvalue weighted by molar-refractivity contribution is -0.153. The maximum absolute atomic E-state index is 11.8. The van der Waals surface area contributed by atoms with Crippen LogP contribution in [-0.2, 0) is 9.53 Å². The van der Waals surface area contributed by atoms with Crippen LogP contribution in [0.15, 0.2) is 23.8 Å². The second-order valence-corrected chi connectivity index (χ2v) is 4.36. The second kappa shape index (κ2) is 5.50. The number of nitrogens with zero attached hydrogens (tertiary/aromatic N) is 1. The molecule has 0 bridgehead atoms. The van der Waals surface area contributed by atoms with Crippen LogP contribution in [0.2, 0.25) is 0 Å². The van der Waals surface area contributed by atoms with Gasteiger partial charge in [0.25, 0.3) is 0 Å². The molecule has 3 heteroatoms. The highest BCUT2D eigenvalue weighted by molar-refractivity contribution is 5.83. The van der Waals surface area contributed by atoms with Crippen LogP contribution in [-0.4, -0.2) is 12.1 Å². The molecule has 16 heavy (non-hydrogen) atoms. The van der Waals surface area contributed by atoms with E-state index < -0.39 is 11.4 Å².